The Hall–Kier alpha value is -1.92. The molecule has 2 aromatic rings. The molecule has 0 saturated heterocycles. The molecule has 0 saturated carbocycles. The van der Waals surface area contributed by atoms with Gasteiger partial charge in [-0.3, -0.25) is 9.48 Å². The minimum absolute atomic E-state index is 0.254. The van der Waals surface area contributed by atoms with E-state index in [1.165, 1.54) is 12.1 Å². The summed E-state index contributed by atoms with van der Waals surface area (Å²) in [4.78, 5) is 12.1. The fourth-order valence-corrected chi connectivity index (χ4v) is 3.23. The molecule has 136 valence electrons. The van der Waals surface area contributed by atoms with Gasteiger partial charge in [-0.1, -0.05) is 17.7 Å². The van der Waals surface area contributed by atoms with E-state index in [4.69, 9.17) is 17.3 Å². The lowest BCUT2D eigenvalue weighted by Crippen LogP contribution is -2.28. The second-order valence-electron chi connectivity index (χ2n) is 6.95. The molecule has 1 heterocycles. The molecule has 1 aromatic carbocycles. The minimum Gasteiger partial charge on any atom is -0.389 e. The predicted molar refractivity (Wildman–Crippen MR) is 95.0 cm³/mol. The van der Waals surface area contributed by atoms with Crippen LogP contribution in [0.25, 0.3) is 0 Å². The minimum atomic E-state index is -0.941. The molecule has 2 rings (SSSR count). The van der Waals surface area contributed by atoms with E-state index in [-0.39, 0.29) is 11.4 Å². The molecule has 0 bridgehead atoms. The van der Waals surface area contributed by atoms with Crippen molar-refractivity contribution in [3.8, 4) is 0 Å². The van der Waals surface area contributed by atoms with Gasteiger partial charge >= 0.3 is 0 Å². The van der Waals surface area contributed by atoms with Gasteiger partial charge in [-0.2, -0.15) is 5.10 Å². The highest BCUT2D eigenvalue weighted by atomic mass is 35.5. The average molecular weight is 368 g/mol. The first-order chi connectivity index (χ1) is 11.5. The summed E-state index contributed by atoms with van der Waals surface area (Å²) >= 11 is 6.09. The Morgan fingerprint density at radius 3 is 2.60 bits per heavy atom. The topological polar surface area (TPSA) is 81.1 Å². The highest BCUT2D eigenvalue weighted by Gasteiger charge is 2.28. The number of aryl methyl sites for hydroxylation is 1. The first-order valence-corrected chi connectivity index (χ1v) is 8.37. The van der Waals surface area contributed by atoms with E-state index in [0.717, 1.165) is 11.3 Å². The number of aliphatic hydroxyl groups is 1. The summed E-state index contributed by atoms with van der Waals surface area (Å²) in [5.74, 6) is -1.58. The molecule has 1 atom stereocenters. The molecule has 3 N–H and O–H groups in total. The van der Waals surface area contributed by atoms with Gasteiger partial charge in [0.25, 0.3) is 0 Å². The molecule has 25 heavy (non-hydrogen) atoms. The molecule has 1 amide bonds. The van der Waals surface area contributed by atoms with Crippen LogP contribution in [-0.2, 0) is 17.8 Å². The van der Waals surface area contributed by atoms with E-state index in [1.807, 2.05) is 6.92 Å². The van der Waals surface area contributed by atoms with Crippen LogP contribution in [0.2, 0.25) is 5.02 Å². The standard InChI is InChI=1S/C18H23ClFN3O2/c1-10-16(11(2)23(22-10)9-18(3,4)25)14(17(21)24)7-12-5-6-13(20)8-15(12)19/h5-6,8,14,25H,7,9H2,1-4H3,(H2,21,24). The van der Waals surface area contributed by atoms with Crippen molar-refractivity contribution >= 4 is 17.5 Å². The molecule has 0 spiro atoms. The third-order valence-corrected chi connectivity index (χ3v) is 4.46. The number of amides is 1. The summed E-state index contributed by atoms with van der Waals surface area (Å²) < 4.78 is 14.9. The number of primary amides is 1. The fourth-order valence-electron chi connectivity index (χ4n) is 2.99. The van der Waals surface area contributed by atoms with Crippen molar-refractivity contribution in [1.82, 2.24) is 9.78 Å². The molecule has 0 radical (unpaired) electrons. The summed E-state index contributed by atoms with van der Waals surface area (Å²) in [6.45, 7) is 7.30. The van der Waals surface area contributed by atoms with Crippen LogP contribution in [0, 0.1) is 19.7 Å². The SMILES string of the molecule is Cc1nn(CC(C)(C)O)c(C)c1C(Cc1ccc(F)cc1Cl)C(N)=O. The molecule has 0 aliphatic heterocycles. The number of nitrogens with two attached hydrogens (primary N) is 1. The fraction of sp³-hybridized carbons (Fsp3) is 0.444. The third-order valence-electron chi connectivity index (χ3n) is 4.11. The van der Waals surface area contributed by atoms with Crippen LogP contribution in [0.5, 0.6) is 0 Å². The highest BCUT2D eigenvalue weighted by Crippen LogP contribution is 2.30. The summed E-state index contributed by atoms with van der Waals surface area (Å²) in [5, 5.41) is 14.7. The summed E-state index contributed by atoms with van der Waals surface area (Å²) in [7, 11) is 0. The number of carbonyl (C=O) groups excluding carboxylic acids is 1. The number of halogens is 2. The Balaban J connectivity index is 2.42. The lowest BCUT2D eigenvalue weighted by Gasteiger charge is -2.19. The Labute approximate surface area is 151 Å². The molecule has 5 nitrogen and oxygen atoms in total. The number of aromatic nitrogens is 2. The van der Waals surface area contributed by atoms with Gasteiger partial charge in [0.15, 0.2) is 0 Å². The smallest absolute Gasteiger partial charge is 0.225 e. The van der Waals surface area contributed by atoms with Crippen LogP contribution in [0.15, 0.2) is 18.2 Å². The number of nitrogens with zero attached hydrogens (tertiary/aromatic N) is 2. The van der Waals surface area contributed by atoms with Crippen LogP contribution in [0.1, 0.15) is 42.3 Å². The Morgan fingerprint density at radius 1 is 1.44 bits per heavy atom. The number of benzene rings is 1. The van der Waals surface area contributed by atoms with E-state index in [9.17, 15) is 14.3 Å². The first kappa shape index (κ1) is 19.4. The molecular formula is C18H23ClFN3O2. The van der Waals surface area contributed by atoms with Crippen molar-refractivity contribution in [3.63, 3.8) is 0 Å². The predicted octanol–water partition coefficient (Wildman–Crippen LogP) is 2.87. The molecular weight excluding hydrogens is 345 g/mol. The molecule has 7 heteroatoms. The van der Waals surface area contributed by atoms with Crippen molar-refractivity contribution in [2.75, 3.05) is 0 Å². The quantitative estimate of drug-likeness (QED) is 0.823. The van der Waals surface area contributed by atoms with Crippen LogP contribution in [0.3, 0.4) is 0 Å². The second-order valence-corrected chi connectivity index (χ2v) is 7.36. The van der Waals surface area contributed by atoms with Gasteiger partial charge in [-0.15, -0.1) is 0 Å². The summed E-state index contributed by atoms with van der Waals surface area (Å²) in [6.07, 6.45) is 0.254. The van der Waals surface area contributed by atoms with E-state index < -0.39 is 23.2 Å². The van der Waals surface area contributed by atoms with Gasteiger partial charge in [0, 0.05) is 16.3 Å². The van der Waals surface area contributed by atoms with Gasteiger partial charge in [0.05, 0.1) is 23.8 Å². The van der Waals surface area contributed by atoms with Crippen molar-refractivity contribution in [3.05, 3.63) is 51.6 Å². The Morgan fingerprint density at radius 2 is 2.08 bits per heavy atom. The van der Waals surface area contributed by atoms with Gasteiger partial charge < -0.3 is 10.8 Å². The van der Waals surface area contributed by atoms with Crippen molar-refractivity contribution in [1.29, 1.82) is 0 Å². The lowest BCUT2D eigenvalue weighted by molar-refractivity contribution is -0.119. The van der Waals surface area contributed by atoms with Gasteiger partial charge in [0.2, 0.25) is 5.91 Å². The number of hydrogen-bond acceptors (Lipinski definition) is 3. The zero-order valence-corrected chi connectivity index (χ0v) is 15.6. The first-order valence-electron chi connectivity index (χ1n) is 7.99. The summed E-state index contributed by atoms with van der Waals surface area (Å²) in [5.41, 5.74) is 7.48. The van der Waals surface area contributed by atoms with Crippen LogP contribution >= 0.6 is 11.6 Å². The second kappa shape index (κ2) is 7.14. The number of rotatable bonds is 6. The van der Waals surface area contributed by atoms with Crippen molar-refractivity contribution < 1.29 is 14.3 Å². The average Bonchev–Trinajstić information content (AvgIpc) is 2.71. The largest absolute Gasteiger partial charge is 0.389 e. The van der Waals surface area contributed by atoms with Crippen molar-refractivity contribution in [2.24, 2.45) is 5.73 Å². The van der Waals surface area contributed by atoms with Gasteiger partial charge in [-0.25, -0.2) is 4.39 Å². The van der Waals surface area contributed by atoms with Crippen LogP contribution in [-0.4, -0.2) is 26.4 Å². The monoisotopic (exact) mass is 367 g/mol. The van der Waals surface area contributed by atoms with Gasteiger partial charge in [0.1, 0.15) is 5.82 Å². The van der Waals surface area contributed by atoms with E-state index in [2.05, 4.69) is 5.10 Å². The molecule has 0 aliphatic rings. The third kappa shape index (κ3) is 4.58. The number of hydrogen-bond donors (Lipinski definition) is 2. The molecule has 0 fully saturated rings. The van der Waals surface area contributed by atoms with Gasteiger partial charge in [-0.05, 0) is 51.8 Å². The summed E-state index contributed by atoms with van der Waals surface area (Å²) in [6, 6.07) is 4.07. The maximum absolute atomic E-state index is 13.2. The maximum Gasteiger partial charge on any atom is 0.225 e. The molecule has 0 aliphatic carbocycles. The normalized spacial score (nSPS) is 13.1. The molecule has 1 aromatic heterocycles. The number of carbonyl (C=O) groups is 1. The zero-order valence-electron chi connectivity index (χ0n) is 14.8. The van der Waals surface area contributed by atoms with E-state index >= 15 is 0 Å². The van der Waals surface area contributed by atoms with E-state index in [1.54, 1.807) is 31.5 Å². The highest BCUT2D eigenvalue weighted by molar-refractivity contribution is 6.31. The maximum atomic E-state index is 13.2. The van der Waals surface area contributed by atoms with E-state index in [0.29, 0.717) is 17.8 Å². The lowest BCUT2D eigenvalue weighted by atomic mass is 9.90. The molecule has 1 unspecified atom stereocenters. The zero-order chi connectivity index (χ0) is 18.9. The van der Waals surface area contributed by atoms with Crippen LogP contribution in [0.4, 0.5) is 4.39 Å². The Bertz CT molecular complexity index is 796. The Kier molecular flexibility index (Phi) is 5.54. The van der Waals surface area contributed by atoms with Crippen LogP contribution < -0.4 is 5.73 Å². The van der Waals surface area contributed by atoms with Crippen molar-refractivity contribution in [2.45, 2.75) is 52.2 Å².